The largest absolute Gasteiger partial charge is 0.338 e. The quantitative estimate of drug-likeness (QED) is 0.615. The molecule has 0 aromatic rings. The van der Waals surface area contributed by atoms with Crippen LogP contribution in [0.4, 0.5) is 0 Å². The number of carbonyl (C=O) groups excluding carboxylic acids is 1. The van der Waals surface area contributed by atoms with E-state index in [0.717, 1.165) is 6.42 Å². The van der Waals surface area contributed by atoms with Gasteiger partial charge in [-0.05, 0) is 6.42 Å². The molecule has 1 rings (SSSR count). The topological polar surface area (TPSA) is 57.6 Å². The van der Waals surface area contributed by atoms with Gasteiger partial charge in [0.25, 0.3) is 0 Å². The van der Waals surface area contributed by atoms with Gasteiger partial charge in [0.2, 0.25) is 5.91 Å². The predicted octanol–water partition coefficient (Wildman–Crippen LogP) is -0.202. The van der Waals surface area contributed by atoms with Crippen LogP contribution in [0.5, 0.6) is 0 Å². The van der Waals surface area contributed by atoms with Crippen molar-refractivity contribution in [2.45, 2.75) is 12.8 Å². The highest BCUT2D eigenvalue weighted by Gasteiger charge is 2.18. The molecule has 0 aliphatic carbocycles. The third-order valence-electron chi connectivity index (χ3n) is 1.78. The Morgan fingerprint density at radius 1 is 1.75 bits per heavy atom. The highest BCUT2D eigenvalue weighted by molar-refractivity contribution is 7.95. The summed E-state index contributed by atoms with van der Waals surface area (Å²) >= 11 is 0. The van der Waals surface area contributed by atoms with Gasteiger partial charge in [-0.15, -0.1) is 0 Å². The zero-order chi connectivity index (χ0) is 9.19. The number of hydrogen-bond donors (Lipinski definition) is 1. The van der Waals surface area contributed by atoms with Crippen LogP contribution in [0, 0.1) is 0 Å². The number of likely N-dealkylation sites (tertiary alicyclic amines) is 1. The van der Waals surface area contributed by atoms with E-state index in [0.29, 0.717) is 19.5 Å². The molecule has 0 bridgehead atoms. The van der Waals surface area contributed by atoms with Crippen LogP contribution >= 0.6 is 0 Å². The zero-order valence-electron chi connectivity index (χ0n) is 7.02. The summed E-state index contributed by atoms with van der Waals surface area (Å²) in [6.07, 6.45) is 2.68. The van der Waals surface area contributed by atoms with Gasteiger partial charge in [-0.2, -0.15) is 0 Å². The van der Waals surface area contributed by atoms with E-state index in [9.17, 15) is 9.00 Å². The van der Waals surface area contributed by atoms with Gasteiger partial charge in [0, 0.05) is 31.1 Å². The molecule has 12 heavy (non-hydrogen) atoms. The van der Waals surface area contributed by atoms with Crippen molar-refractivity contribution in [3.8, 4) is 0 Å². The first-order valence-corrected chi connectivity index (χ1v) is 5.80. The van der Waals surface area contributed by atoms with Gasteiger partial charge in [0.05, 0.1) is 9.80 Å². The van der Waals surface area contributed by atoms with Crippen molar-refractivity contribution < 1.29 is 13.6 Å². The monoisotopic (exact) mass is 191 g/mol. The van der Waals surface area contributed by atoms with Gasteiger partial charge in [-0.1, -0.05) is 0 Å². The summed E-state index contributed by atoms with van der Waals surface area (Å²) < 4.78 is 19.7. The molecule has 1 aliphatic heterocycles. The van der Waals surface area contributed by atoms with E-state index in [-0.39, 0.29) is 5.91 Å². The van der Waals surface area contributed by atoms with Crippen LogP contribution in [0.15, 0.2) is 0 Å². The molecule has 0 aromatic carbocycles. The smallest absolute Gasteiger partial charge is 0.222 e. The molecule has 0 aromatic heterocycles. The van der Waals surface area contributed by atoms with Crippen molar-refractivity contribution in [3.63, 3.8) is 0 Å². The Hall–Kier alpha value is -0.550. The average molecular weight is 191 g/mol. The van der Waals surface area contributed by atoms with Crippen molar-refractivity contribution in [1.29, 1.82) is 0 Å². The minimum Gasteiger partial charge on any atom is -0.338 e. The molecule has 1 fully saturated rings. The first kappa shape index (κ1) is 9.54. The lowest BCUT2D eigenvalue weighted by Crippen LogP contribution is -2.27. The first-order valence-electron chi connectivity index (χ1n) is 3.82. The number of hydrogen-bond acceptors (Lipinski definition) is 2. The number of carbonyl (C=O) groups is 1. The van der Waals surface area contributed by atoms with Crippen LogP contribution in [0.3, 0.4) is 0 Å². The molecular weight excluding hydrogens is 178 g/mol. The molecule has 1 heterocycles. The molecule has 1 saturated heterocycles. The maximum absolute atomic E-state index is 11.0. The molecule has 5 heteroatoms. The molecule has 1 unspecified atom stereocenters. The molecule has 1 N–H and O–H groups in total. The Kier molecular flexibility index (Phi) is 2.74. The molecule has 0 radical (unpaired) electrons. The predicted molar refractivity (Wildman–Crippen MR) is 48.6 cm³/mol. The summed E-state index contributed by atoms with van der Waals surface area (Å²) in [4.78, 5) is 12.6. The Morgan fingerprint density at radius 3 is 2.83 bits per heavy atom. The minimum atomic E-state index is -2.80. The molecule has 0 spiro atoms. The molecule has 4 nitrogen and oxygen atoms in total. The third kappa shape index (κ3) is 2.83. The van der Waals surface area contributed by atoms with Gasteiger partial charge < -0.3 is 9.45 Å². The van der Waals surface area contributed by atoms with Crippen LogP contribution in [0.25, 0.3) is 0 Å². The van der Waals surface area contributed by atoms with Gasteiger partial charge in [-0.3, -0.25) is 4.79 Å². The maximum atomic E-state index is 11.0. The standard InChI is InChI=1S/C7H13NO3S/c1-12(10,11)6-5-8-4-2-3-7(8)9/h6H,2-5H2,1H3,(H,10,11). The van der Waals surface area contributed by atoms with E-state index >= 15 is 0 Å². The number of nitrogens with zero attached hydrogens (tertiary/aromatic N) is 1. The first-order chi connectivity index (χ1) is 5.49. The molecule has 0 saturated carbocycles. The van der Waals surface area contributed by atoms with Crippen molar-refractivity contribution in [2.75, 3.05) is 19.3 Å². The maximum Gasteiger partial charge on any atom is 0.222 e. The summed E-state index contributed by atoms with van der Waals surface area (Å²) in [6, 6.07) is 0. The van der Waals surface area contributed by atoms with E-state index in [4.69, 9.17) is 4.55 Å². The Bertz CT molecular complexity index is 283. The lowest BCUT2D eigenvalue weighted by Gasteiger charge is -2.11. The Morgan fingerprint density at radius 2 is 2.42 bits per heavy atom. The van der Waals surface area contributed by atoms with E-state index in [1.54, 1.807) is 4.90 Å². The highest BCUT2D eigenvalue weighted by atomic mass is 32.2. The summed E-state index contributed by atoms with van der Waals surface area (Å²) in [5.41, 5.74) is 0. The fourth-order valence-electron chi connectivity index (χ4n) is 1.13. The summed E-state index contributed by atoms with van der Waals surface area (Å²) in [5.74, 6) is 0.0786. The van der Waals surface area contributed by atoms with E-state index in [1.807, 2.05) is 0 Å². The van der Waals surface area contributed by atoms with E-state index in [2.05, 4.69) is 0 Å². The lowest BCUT2D eigenvalue weighted by molar-refractivity contribution is -0.126. The summed E-state index contributed by atoms with van der Waals surface area (Å²) in [5, 5.41) is 1.29. The Labute approximate surface area is 72.4 Å². The SMILES string of the molecule is CS(=O)(O)=CCN1CCCC1=O. The zero-order valence-corrected chi connectivity index (χ0v) is 7.84. The average Bonchev–Trinajstić information content (AvgIpc) is 2.29. The molecular formula is C7H13NO3S. The van der Waals surface area contributed by atoms with Gasteiger partial charge in [0.15, 0.2) is 0 Å². The van der Waals surface area contributed by atoms with Gasteiger partial charge >= 0.3 is 0 Å². The lowest BCUT2D eigenvalue weighted by atomic mass is 10.4. The minimum absolute atomic E-state index is 0.0786. The van der Waals surface area contributed by atoms with Gasteiger partial charge in [-0.25, -0.2) is 4.21 Å². The van der Waals surface area contributed by atoms with Crippen LogP contribution in [-0.4, -0.2) is 44.3 Å². The van der Waals surface area contributed by atoms with Crippen LogP contribution < -0.4 is 0 Å². The fourth-order valence-corrected chi connectivity index (χ4v) is 1.58. The molecule has 1 amide bonds. The second kappa shape index (κ2) is 3.45. The van der Waals surface area contributed by atoms with E-state index < -0.39 is 9.80 Å². The van der Waals surface area contributed by atoms with Crippen molar-refractivity contribution in [2.24, 2.45) is 0 Å². The fraction of sp³-hybridized carbons (Fsp3) is 0.714. The summed E-state index contributed by atoms with van der Waals surface area (Å²) in [7, 11) is -2.80. The molecule has 70 valence electrons. The number of amides is 1. The highest BCUT2D eigenvalue weighted by Crippen LogP contribution is 2.07. The van der Waals surface area contributed by atoms with E-state index in [1.165, 1.54) is 11.6 Å². The molecule has 1 aliphatic rings. The van der Waals surface area contributed by atoms with Crippen molar-refractivity contribution >= 4 is 21.1 Å². The third-order valence-corrected chi connectivity index (χ3v) is 2.54. The second-order valence-corrected chi connectivity index (χ2v) is 5.03. The number of rotatable bonds is 2. The van der Waals surface area contributed by atoms with Gasteiger partial charge in [0.1, 0.15) is 0 Å². The van der Waals surface area contributed by atoms with Crippen LogP contribution in [0.2, 0.25) is 0 Å². The normalized spacial score (nSPS) is 22.5. The second-order valence-electron chi connectivity index (χ2n) is 2.97. The van der Waals surface area contributed by atoms with Crippen molar-refractivity contribution in [3.05, 3.63) is 0 Å². The molecule has 1 atom stereocenters. The summed E-state index contributed by atoms with van der Waals surface area (Å²) in [6.45, 7) is 1.01. The van der Waals surface area contributed by atoms with Crippen molar-refractivity contribution in [1.82, 2.24) is 4.90 Å². The van der Waals surface area contributed by atoms with Crippen LogP contribution in [-0.2, 0) is 14.6 Å². The van der Waals surface area contributed by atoms with Crippen LogP contribution in [0.1, 0.15) is 12.8 Å². The Balaban J connectivity index is 2.53.